The standard InChI is InChI=1S/C23H18N4OS/c1-26(2)17-12-10-15(11-13-17)14-20-22(28)27-23(29-20)24-21(25-27)19-9-5-7-16-6-3-4-8-18(16)19/h3-14H,1-2H3/b20-14-. The zero-order valence-electron chi connectivity index (χ0n) is 16.0. The molecule has 0 amide bonds. The number of nitrogens with zero attached hydrogens (tertiary/aromatic N) is 4. The summed E-state index contributed by atoms with van der Waals surface area (Å²) in [5.41, 5.74) is 2.89. The minimum absolute atomic E-state index is 0.138. The van der Waals surface area contributed by atoms with Crippen LogP contribution in [0.5, 0.6) is 0 Å². The van der Waals surface area contributed by atoms with E-state index in [9.17, 15) is 4.79 Å². The number of anilines is 1. The van der Waals surface area contributed by atoms with E-state index in [1.807, 2.05) is 73.6 Å². The van der Waals surface area contributed by atoms with Crippen LogP contribution in [0.15, 0.2) is 71.5 Å². The first kappa shape index (κ1) is 17.6. The Labute approximate surface area is 171 Å². The van der Waals surface area contributed by atoms with Crippen molar-refractivity contribution in [2.24, 2.45) is 0 Å². The molecule has 0 saturated heterocycles. The van der Waals surface area contributed by atoms with Crippen LogP contribution < -0.4 is 15.0 Å². The molecule has 142 valence electrons. The molecule has 5 nitrogen and oxygen atoms in total. The summed E-state index contributed by atoms with van der Waals surface area (Å²) in [7, 11) is 4.00. The quantitative estimate of drug-likeness (QED) is 0.466. The number of hydrogen-bond acceptors (Lipinski definition) is 5. The third-order valence-electron chi connectivity index (χ3n) is 4.92. The van der Waals surface area contributed by atoms with E-state index in [2.05, 4.69) is 28.3 Å². The second-order valence-electron chi connectivity index (χ2n) is 7.06. The molecule has 2 heterocycles. The van der Waals surface area contributed by atoms with Crippen LogP contribution in [0.4, 0.5) is 5.69 Å². The van der Waals surface area contributed by atoms with Crippen molar-refractivity contribution in [1.82, 2.24) is 14.6 Å². The smallest absolute Gasteiger partial charge is 0.291 e. The average molecular weight is 398 g/mol. The third-order valence-corrected chi connectivity index (χ3v) is 5.88. The molecule has 2 aromatic heterocycles. The summed E-state index contributed by atoms with van der Waals surface area (Å²) in [5.74, 6) is 0.576. The molecule has 0 bridgehead atoms. The maximum atomic E-state index is 12.8. The average Bonchev–Trinajstić information content (AvgIpc) is 3.27. The van der Waals surface area contributed by atoms with E-state index >= 15 is 0 Å². The maximum absolute atomic E-state index is 12.8. The van der Waals surface area contributed by atoms with Crippen molar-refractivity contribution < 1.29 is 0 Å². The molecule has 0 aliphatic heterocycles. The summed E-state index contributed by atoms with van der Waals surface area (Å²) >= 11 is 1.36. The van der Waals surface area contributed by atoms with Crippen molar-refractivity contribution in [3.05, 3.63) is 87.2 Å². The Bertz CT molecular complexity index is 1440. The molecule has 0 atom stereocenters. The number of aromatic nitrogens is 3. The summed E-state index contributed by atoms with van der Waals surface area (Å²) in [6.45, 7) is 0. The fourth-order valence-corrected chi connectivity index (χ4v) is 4.30. The molecule has 3 aromatic carbocycles. The highest BCUT2D eigenvalue weighted by atomic mass is 32.1. The predicted octanol–water partition coefficient (Wildman–Crippen LogP) is 3.58. The number of fused-ring (bicyclic) bond motifs is 2. The SMILES string of the molecule is CN(C)c1ccc(/C=c2\sc3nc(-c4cccc5ccccc45)nn3c2=O)cc1. The monoisotopic (exact) mass is 398 g/mol. The number of benzene rings is 3. The van der Waals surface area contributed by atoms with Crippen LogP contribution in [-0.2, 0) is 0 Å². The van der Waals surface area contributed by atoms with E-state index in [0.29, 0.717) is 15.3 Å². The molecule has 0 spiro atoms. The minimum Gasteiger partial charge on any atom is -0.378 e. The van der Waals surface area contributed by atoms with Gasteiger partial charge in [-0.25, -0.2) is 0 Å². The molecule has 6 heteroatoms. The number of thiazole rings is 1. The van der Waals surface area contributed by atoms with E-state index in [0.717, 1.165) is 27.6 Å². The van der Waals surface area contributed by atoms with E-state index in [1.54, 1.807) is 0 Å². The second-order valence-corrected chi connectivity index (χ2v) is 8.07. The largest absolute Gasteiger partial charge is 0.378 e. The first-order valence-electron chi connectivity index (χ1n) is 9.27. The van der Waals surface area contributed by atoms with Crippen LogP contribution in [0, 0.1) is 0 Å². The van der Waals surface area contributed by atoms with Gasteiger partial charge in [0.25, 0.3) is 5.56 Å². The Kier molecular flexibility index (Phi) is 4.14. The highest BCUT2D eigenvalue weighted by Gasteiger charge is 2.13. The maximum Gasteiger partial charge on any atom is 0.291 e. The molecule has 5 rings (SSSR count). The lowest BCUT2D eigenvalue weighted by atomic mass is 10.0. The van der Waals surface area contributed by atoms with Crippen LogP contribution in [0.25, 0.3) is 33.2 Å². The van der Waals surface area contributed by atoms with Gasteiger partial charge in [0.15, 0.2) is 5.82 Å². The topological polar surface area (TPSA) is 50.5 Å². The molecule has 0 aliphatic rings. The van der Waals surface area contributed by atoms with E-state index in [-0.39, 0.29) is 5.56 Å². The van der Waals surface area contributed by atoms with Gasteiger partial charge in [0.1, 0.15) is 0 Å². The Hall–Kier alpha value is -3.51. The summed E-state index contributed by atoms with van der Waals surface area (Å²) in [4.78, 5) is 20.1. The van der Waals surface area contributed by atoms with Gasteiger partial charge < -0.3 is 4.90 Å². The van der Waals surface area contributed by atoms with Gasteiger partial charge in [0, 0.05) is 25.3 Å². The lowest BCUT2D eigenvalue weighted by Gasteiger charge is -2.11. The lowest BCUT2D eigenvalue weighted by Crippen LogP contribution is -2.23. The zero-order valence-corrected chi connectivity index (χ0v) is 16.9. The molecule has 0 N–H and O–H groups in total. The Morgan fingerprint density at radius 1 is 0.966 bits per heavy atom. The fourth-order valence-electron chi connectivity index (χ4n) is 3.39. The first-order valence-corrected chi connectivity index (χ1v) is 10.1. The molecular formula is C23H18N4OS. The molecule has 29 heavy (non-hydrogen) atoms. The molecule has 0 saturated carbocycles. The summed E-state index contributed by atoms with van der Waals surface area (Å²) in [6, 6.07) is 22.2. The highest BCUT2D eigenvalue weighted by Crippen LogP contribution is 2.26. The van der Waals surface area contributed by atoms with Crippen molar-refractivity contribution in [1.29, 1.82) is 0 Å². The van der Waals surface area contributed by atoms with Gasteiger partial charge in [0.05, 0.1) is 4.53 Å². The van der Waals surface area contributed by atoms with Crippen LogP contribution in [0.1, 0.15) is 5.56 Å². The van der Waals surface area contributed by atoms with Crippen molar-refractivity contribution in [3.63, 3.8) is 0 Å². The van der Waals surface area contributed by atoms with Crippen LogP contribution in [0.3, 0.4) is 0 Å². The first-order chi connectivity index (χ1) is 14.1. The Morgan fingerprint density at radius 2 is 1.72 bits per heavy atom. The summed E-state index contributed by atoms with van der Waals surface area (Å²) in [5, 5.41) is 6.71. The van der Waals surface area contributed by atoms with Crippen LogP contribution >= 0.6 is 11.3 Å². The lowest BCUT2D eigenvalue weighted by molar-refractivity contribution is 0.937. The molecular weight excluding hydrogens is 380 g/mol. The van der Waals surface area contributed by atoms with Crippen molar-refractivity contribution in [2.45, 2.75) is 0 Å². The van der Waals surface area contributed by atoms with Gasteiger partial charge >= 0.3 is 0 Å². The number of rotatable bonds is 3. The van der Waals surface area contributed by atoms with E-state index < -0.39 is 0 Å². The van der Waals surface area contributed by atoms with Crippen LogP contribution in [-0.4, -0.2) is 28.7 Å². The molecule has 0 unspecified atom stereocenters. The molecule has 0 radical (unpaired) electrons. The van der Waals surface area contributed by atoms with Crippen molar-refractivity contribution in [2.75, 3.05) is 19.0 Å². The second kappa shape index (κ2) is 6.83. The highest BCUT2D eigenvalue weighted by molar-refractivity contribution is 7.15. The minimum atomic E-state index is -0.138. The number of hydrogen-bond donors (Lipinski definition) is 0. The van der Waals surface area contributed by atoms with Crippen molar-refractivity contribution >= 4 is 38.8 Å². The van der Waals surface area contributed by atoms with Gasteiger partial charge in [0.2, 0.25) is 4.96 Å². The third kappa shape index (κ3) is 3.07. The van der Waals surface area contributed by atoms with Gasteiger partial charge in [-0.1, -0.05) is 65.9 Å². The van der Waals surface area contributed by atoms with Gasteiger partial charge in [-0.3, -0.25) is 4.79 Å². The van der Waals surface area contributed by atoms with Gasteiger partial charge in [-0.05, 0) is 34.5 Å². The molecule has 0 fully saturated rings. The summed E-state index contributed by atoms with van der Waals surface area (Å²) < 4.78 is 2.03. The zero-order chi connectivity index (χ0) is 20.0. The fraction of sp³-hybridized carbons (Fsp3) is 0.0870. The van der Waals surface area contributed by atoms with Gasteiger partial charge in [-0.15, -0.1) is 5.10 Å². The van der Waals surface area contributed by atoms with Crippen molar-refractivity contribution in [3.8, 4) is 11.4 Å². The van der Waals surface area contributed by atoms with E-state index in [4.69, 9.17) is 0 Å². The van der Waals surface area contributed by atoms with Gasteiger partial charge in [-0.2, -0.15) is 9.50 Å². The Morgan fingerprint density at radius 3 is 2.48 bits per heavy atom. The Balaban J connectivity index is 1.59. The predicted molar refractivity (Wildman–Crippen MR) is 120 cm³/mol. The molecule has 5 aromatic rings. The van der Waals surface area contributed by atoms with E-state index in [1.165, 1.54) is 15.9 Å². The van der Waals surface area contributed by atoms with Crippen LogP contribution in [0.2, 0.25) is 0 Å². The molecule has 0 aliphatic carbocycles. The normalized spacial score (nSPS) is 12.1. The summed E-state index contributed by atoms with van der Waals surface area (Å²) in [6.07, 6.45) is 1.89.